The van der Waals surface area contributed by atoms with E-state index in [1.807, 2.05) is 17.9 Å². The Labute approximate surface area is 176 Å². The molecule has 3 heterocycles. The first-order valence-corrected chi connectivity index (χ1v) is 10.6. The van der Waals surface area contributed by atoms with E-state index >= 15 is 0 Å². The van der Waals surface area contributed by atoms with Crippen molar-refractivity contribution in [1.29, 1.82) is 0 Å². The average Bonchev–Trinajstić information content (AvgIpc) is 3.29. The number of thiazole rings is 1. The molecule has 1 atom stereocenters. The highest BCUT2D eigenvalue weighted by molar-refractivity contribution is 7.09. The lowest BCUT2D eigenvalue weighted by atomic mass is 10.00. The van der Waals surface area contributed by atoms with Gasteiger partial charge in [-0.3, -0.25) is 9.58 Å². The van der Waals surface area contributed by atoms with E-state index in [1.54, 1.807) is 11.3 Å². The minimum atomic E-state index is -5.08. The smallest absolute Gasteiger partial charge is 0.475 e. The monoisotopic (exact) mass is 446 g/mol. The predicted molar refractivity (Wildman–Crippen MR) is 104 cm³/mol. The number of aromatic nitrogens is 3. The number of hydrogen-bond acceptors (Lipinski definition) is 6. The number of carboxylic acid groups (broad SMARTS) is 1. The lowest BCUT2D eigenvalue weighted by Crippen LogP contribution is -2.38. The summed E-state index contributed by atoms with van der Waals surface area (Å²) in [5, 5.41) is 14.9. The Bertz CT molecular complexity index is 864. The van der Waals surface area contributed by atoms with Crippen molar-refractivity contribution in [2.75, 3.05) is 19.8 Å². The topological polar surface area (TPSA) is 80.5 Å². The van der Waals surface area contributed by atoms with Crippen LogP contribution in [0.3, 0.4) is 0 Å². The van der Waals surface area contributed by atoms with E-state index in [1.165, 1.54) is 29.8 Å². The second-order valence-electron chi connectivity index (χ2n) is 7.56. The van der Waals surface area contributed by atoms with Crippen molar-refractivity contribution < 1.29 is 27.8 Å². The van der Waals surface area contributed by atoms with E-state index in [9.17, 15) is 13.2 Å². The molecule has 1 aliphatic carbocycles. The third kappa shape index (κ3) is 6.02. The molecule has 11 heteroatoms. The number of hydrogen-bond donors (Lipinski definition) is 1. The number of aryl methyl sites for hydroxylation is 2. The maximum atomic E-state index is 10.6. The molecule has 0 amide bonds. The van der Waals surface area contributed by atoms with Crippen LogP contribution in [0.5, 0.6) is 0 Å². The molecule has 30 heavy (non-hydrogen) atoms. The van der Waals surface area contributed by atoms with Crippen LogP contribution in [0.2, 0.25) is 0 Å². The standard InChI is InChI=1S/C17H24N4OS.C2HF3O2/c1-12-19-15(11-23-12)8-21-6-5-14-7-18-20(2)17(14)16(21)10-22-9-13-3-4-13;3-2(4,5)1(6)7/h7,11,13,16H,3-6,8-10H2,1-2H3;(H,6,7). The van der Waals surface area contributed by atoms with Gasteiger partial charge in [0.2, 0.25) is 0 Å². The van der Waals surface area contributed by atoms with Crippen LogP contribution >= 0.6 is 11.3 Å². The number of rotatable bonds is 6. The first-order chi connectivity index (χ1) is 14.1. The van der Waals surface area contributed by atoms with Crippen LogP contribution in [0, 0.1) is 12.8 Å². The second kappa shape index (κ2) is 9.44. The minimum Gasteiger partial charge on any atom is -0.475 e. The third-order valence-corrected chi connectivity index (χ3v) is 5.91. The Morgan fingerprint density at radius 3 is 2.63 bits per heavy atom. The van der Waals surface area contributed by atoms with Gasteiger partial charge in [-0.25, -0.2) is 9.78 Å². The van der Waals surface area contributed by atoms with Gasteiger partial charge in [0, 0.05) is 32.1 Å². The van der Waals surface area contributed by atoms with Gasteiger partial charge < -0.3 is 9.84 Å². The second-order valence-corrected chi connectivity index (χ2v) is 8.62. The summed E-state index contributed by atoms with van der Waals surface area (Å²) in [4.78, 5) is 16.0. The fraction of sp³-hybridized carbons (Fsp3) is 0.632. The van der Waals surface area contributed by atoms with Gasteiger partial charge in [-0.2, -0.15) is 18.3 Å². The predicted octanol–water partition coefficient (Wildman–Crippen LogP) is 3.34. The average molecular weight is 446 g/mol. The van der Waals surface area contributed by atoms with Crippen LogP contribution in [0.25, 0.3) is 0 Å². The van der Waals surface area contributed by atoms with Crippen molar-refractivity contribution in [3.63, 3.8) is 0 Å². The van der Waals surface area contributed by atoms with Crippen LogP contribution in [0.1, 0.15) is 40.8 Å². The van der Waals surface area contributed by atoms with E-state index in [0.717, 1.165) is 43.6 Å². The highest BCUT2D eigenvalue weighted by atomic mass is 32.1. The molecule has 0 aromatic carbocycles. The number of nitrogens with zero attached hydrogens (tertiary/aromatic N) is 4. The largest absolute Gasteiger partial charge is 0.490 e. The summed E-state index contributed by atoms with van der Waals surface area (Å²) >= 11 is 1.73. The highest BCUT2D eigenvalue weighted by Crippen LogP contribution is 2.33. The molecule has 1 saturated carbocycles. The third-order valence-electron chi connectivity index (χ3n) is 5.09. The molecule has 4 rings (SSSR count). The molecule has 7 nitrogen and oxygen atoms in total. The normalized spacial score (nSPS) is 19.2. The van der Waals surface area contributed by atoms with Gasteiger partial charge in [0.05, 0.1) is 35.2 Å². The van der Waals surface area contributed by atoms with Crippen molar-refractivity contribution in [2.24, 2.45) is 13.0 Å². The van der Waals surface area contributed by atoms with Gasteiger partial charge in [0.25, 0.3) is 0 Å². The molecule has 2 aromatic rings. The van der Waals surface area contributed by atoms with Crippen LogP contribution in [0.4, 0.5) is 13.2 Å². The van der Waals surface area contributed by atoms with E-state index in [-0.39, 0.29) is 6.04 Å². The Kier molecular flexibility index (Phi) is 7.14. The maximum absolute atomic E-state index is 10.6. The summed E-state index contributed by atoms with van der Waals surface area (Å²) in [6.45, 7) is 5.68. The maximum Gasteiger partial charge on any atom is 0.490 e. The van der Waals surface area contributed by atoms with E-state index < -0.39 is 12.1 Å². The first kappa shape index (κ1) is 22.7. The molecule has 1 fully saturated rings. The summed E-state index contributed by atoms with van der Waals surface area (Å²) in [7, 11) is 2.04. The summed E-state index contributed by atoms with van der Waals surface area (Å²) in [6, 6.07) is 0.284. The van der Waals surface area contributed by atoms with Crippen molar-refractivity contribution in [3.8, 4) is 0 Å². The van der Waals surface area contributed by atoms with E-state index in [0.29, 0.717) is 0 Å². The van der Waals surface area contributed by atoms with E-state index in [4.69, 9.17) is 14.6 Å². The van der Waals surface area contributed by atoms with Crippen molar-refractivity contribution in [3.05, 3.63) is 33.5 Å². The van der Waals surface area contributed by atoms with E-state index in [2.05, 4.69) is 27.3 Å². The molecule has 1 unspecified atom stereocenters. The molecule has 0 saturated heterocycles. The molecule has 2 aliphatic rings. The molecule has 0 bridgehead atoms. The molecule has 2 aromatic heterocycles. The molecule has 1 N–H and O–H groups in total. The molecule has 166 valence electrons. The summed E-state index contributed by atoms with van der Waals surface area (Å²) < 4.78 is 39.8. The summed E-state index contributed by atoms with van der Waals surface area (Å²) in [5.41, 5.74) is 3.86. The fourth-order valence-electron chi connectivity index (χ4n) is 3.40. The van der Waals surface area contributed by atoms with Crippen LogP contribution in [-0.4, -0.2) is 56.7 Å². The zero-order valence-electron chi connectivity index (χ0n) is 16.9. The molecule has 0 radical (unpaired) electrons. The number of carbonyl (C=O) groups is 1. The number of fused-ring (bicyclic) bond motifs is 1. The van der Waals surface area contributed by atoms with Gasteiger partial charge in [0.1, 0.15) is 0 Å². The summed E-state index contributed by atoms with van der Waals surface area (Å²) in [6.07, 6.45) is 0.672. The van der Waals surface area contributed by atoms with Gasteiger partial charge in [0.15, 0.2) is 0 Å². The van der Waals surface area contributed by atoms with Crippen LogP contribution in [0.15, 0.2) is 11.6 Å². The lowest BCUT2D eigenvalue weighted by molar-refractivity contribution is -0.192. The fourth-order valence-corrected chi connectivity index (χ4v) is 4.00. The van der Waals surface area contributed by atoms with Gasteiger partial charge in [-0.15, -0.1) is 11.3 Å². The molecular formula is C19H25F3N4O3S. The molecule has 0 spiro atoms. The summed E-state index contributed by atoms with van der Waals surface area (Å²) in [5.74, 6) is -1.95. The van der Waals surface area contributed by atoms with Gasteiger partial charge >= 0.3 is 12.1 Å². The number of carboxylic acids is 1. The lowest BCUT2D eigenvalue weighted by Gasteiger charge is -2.35. The van der Waals surface area contributed by atoms with Gasteiger partial charge in [-0.1, -0.05) is 0 Å². The van der Waals surface area contributed by atoms with Crippen LogP contribution < -0.4 is 0 Å². The Balaban J connectivity index is 0.000000318. The molecule has 1 aliphatic heterocycles. The Morgan fingerprint density at radius 1 is 1.37 bits per heavy atom. The zero-order valence-corrected chi connectivity index (χ0v) is 17.7. The quantitative estimate of drug-likeness (QED) is 0.733. The number of aliphatic carboxylic acids is 1. The van der Waals surface area contributed by atoms with Crippen molar-refractivity contribution in [2.45, 2.75) is 44.9 Å². The van der Waals surface area contributed by atoms with Gasteiger partial charge in [-0.05, 0) is 37.7 Å². The zero-order chi connectivity index (χ0) is 21.9. The highest BCUT2D eigenvalue weighted by Gasteiger charge is 2.38. The number of halogens is 3. The van der Waals surface area contributed by atoms with Crippen LogP contribution in [-0.2, 0) is 29.5 Å². The van der Waals surface area contributed by atoms with Crippen molar-refractivity contribution in [1.82, 2.24) is 19.7 Å². The molecular weight excluding hydrogens is 421 g/mol. The van der Waals surface area contributed by atoms with Crippen molar-refractivity contribution >= 4 is 17.3 Å². The SMILES string of the molecule is Cc1nc(CN2CCc3cnn(C)c3C2COCC2CC2)cs1.O=C(O)C(F)(F)F. The Morgan fingerprint density at radius 2 is 2.07 bits per heavy atom. The number of alkyl halides is 3. The Hall–Kier alpha value is -1.98. The number of ether oxygens (including phenoxy) is 1. The first-order valence-electron chi connectivity index (χ1n) is 9.68. The minimum absolute atomic E-state index is 0.284.